The Morgan fingerprint density at radius 1 is 0.846 bits per heavy atom. The molecule has 6 heteroatoms. The van der Waals surface area contributed by atoms with Crippen LogP contribution in [0.3, 0.4) is 0 Å². The third kappa shape index (κ3) is 4.84. The van der Waals surface area contributed by atoms with Gasteiger partial charge in [-0.25, -0.2) is 0 Å². The lowest BCUT2D eigenvalue weighted by Crippen LogP contribution is -2.23. The Morgan fingerprint density at radius 3 is 2.31 bits per heavy atom. The Hall–Kier alpha value is -1.89. The predicted octanol–water partition coefficient (Wildman–Crippen LogP) is 5.22. The smallest absolute Gasteiger partial charge is 0.134 e. The fourth-order valence-electron chi connectivity index (χ4n) is 2.75. The van der Waals surface area contributed by atoms with E-state index >= 15 is 0 Å². The first kappa shape index (κ1) is 18.9. The van der Waals surface area contributed by atoms with Gasteiger partial charge in [0.05, 0.1) is 10.2 Å². The summed E-state index contributed by atoms with van der Waals surface area (Å²) in [6.45, 7) is 1.64. The van der Waals surface area contributed by atoms with Gasteiger partial charge in [0.25, 0.3) is 0 Å². The molecule has 2 N–H and O–H groups in total. The molecule has 0 atom stereocenters. The van der Waals surface area contributed by atoms with Gasteiger partial charge in [0, 0.05) is 41.4 Å². The van der Waals surface area contributed by atoms with E-state index in [1.165, 1.54) is 0 Å². The quantitative estimate of drug-likeness (QED) is 0.511. The highest BCUT2D eigenvalue weighted by atomic mass is 79.9. The van der Waals surface area contributed by atoms with Crippen molar-refractivity contribution >= 4 is 31.9 Å². The zero-order valence-electron chi connectivity index (χ0n) is 13.9. The molecule has 0 unspecified atom stereocenters. The Labute approximate surface area is 169 Å². The Morgan fingerprint density at radius 2 is 1.58 bits per heavy atom. The summed E-state index contributed by atoms with van der Waals surface area (Å²) in [5, 5.41) is 20.5. The molecule has 1 aromatic heterocycles. The minimum absolute atomic E-state index is 0.219. The standard InChI is InChI=1S/C20H18Br2N2O2/c21-16-9-15(20(26)18(22)10-16)12-24(13-17-6-3-4-8-23-17)11-14-5-1-2-7-19(14)25/h1-10,25-26H,11-13H2. The van der Waals surface area contributed by atoms with E-state index in [0.717, 1.165) is 21.3 Å². The SMILES string of the molecule is Oc1ccccc1CN(Cc1ccccn1)Cc1cc(Br)cc(Br)c1O. The highest BCUT2D eigenvalue weighted by Gasteiger charge is 2.15. The lowest BCUT2D eigenvalue weighted by Gasteiger charge is -2.23. The van der Waals surface area contributed by atoms with Crippen LogP contribution in [-0.4, -0.2) is 20.1 Å². The minimum Gasteiger partial charge on any atom is -0.508 e. The summed E-state index contributed by atoms with van der Waals surface area (Å²) in [6.07, 6.45) is 1.76. The normalized spacial score (nSPS) is 11.0. The molecule has 3 rings (SSSR count). The average molecular weight is 478 g/mol. The molecule has 2 aromatic carbocycles. The van der Waals surface area contributed by atoms with E-state index in [9.17, 15) is 10.2 Å². The van der Waals surface area contributed by atoms with Crippen LogP contribution in [0.2, 0.25) is 0 Å². The predicted molar refractivity (Wildman–Crippen MR) is 109 cm³/mol. The van der Waals surface area contributed by atoms with Crippen LogP contribution in [0.15, 0.2) is 69.7 Å². The first-order chi connectivity index (χ1) is 12.5. The van der Waals surface area contributed by atoms with Crippen molar-refractivity contribution in [3.05, 3.63) is 86.6 Å². The Kier molecular flexibility index (Phi) is 6.29. The third-order valence-electron chi connectivity index (χ3n) is 4.00. The first-order valence-corrected chi connectivity index (χ1v) is 9.67. The maximum Gasteiger partial charge on any atom is 0.134 e. The number of rotatable bonds is 6. The van der Waals surface area contributed by atoms with Crippen molar-refractivity contribution in [3.8, 4) is 11.5 Å². The summed E-state index contributed by atoms with van der Waals surface area (Å²) in [7, 11) is 0. The number of phenolic OH excluding ortho intramolecular Hbond substituents is 2. The van der Waals surface area contributed by atoms with E-state index < -0.39 is 0 Å². The third-order valence-corrected chi connectivity index (χ3v) is 5.06. The Balaban J connectivity index is 1.89. The van der Waals surface area contributed by atoms with Gasteiger partial charge in [0.15, 0.2) is 0 Å². The summed E-state index contributed by atoms with van der Waals surface area (Å²) in [5.74, 6) is 0.481. The molecule has 0 spiro atoms. The zero-order chi connectivity index (χ0) is 18.5. The van der Waals surface area contributed by atoms with Crippen LogP contribution in [0.25, 0.3) is 0 Å². The number of benzene rings is 2. The van der Waals surface area contributed by atoms with Gasteiger partial charge in [-0.2, -0.15) is 0 Å². The lowest BCUT2D eigenvalue weighted by molar-refractivity contribution is 0.238. The molecule has 0 saturated heterocycles. The van der Waals surface area contributed by atoms with Crippen molar-refractivity contribution < 1.29 is 10.2 Å². The minimum atomic E-state index is 0.219. The number of aromatic nitrogens is 1. The van der Waals surface area contributed by atoms with Crippen molar-refractivity contribution in [1.82, 2.24) is 9.88 Å². The number of pyridine rings is 1. The van der Waals surface area contributed by atoms with Gasteiger partial charge in [0.1, 0.15) is 11.5 Å². The molecule has 26 heavy (non-hydrogen) atoms. The summed E-state index contributed by atoms with van der Waals surface area (Å²) < 4.78 is 1.53. The fourth-order valence-corrected chi connectivity index (χ4v) is 4.07. The second-order valence-corrected chi connectivity index (χ2v) is 7.76. The van der Waals surface area contributed by atoms with E-state index in [-0.39, 0.29) is 11.5 Å². The van der Waals surface area contributed by atoms with Crippen molar-refractivity contribution in [2.75, 3.05) is 0 Å². The topological polar surface area (TPSA) is 56.6 Å². The van der Waals surface area contributed by atoms with Gasteiger partial charge >= 0.3 is 0 Å². The van der Waals surface area contributed by atoms with Crippen molar-refractivity contribution in [3.63, 3.8) is 0 Å². The highest BCUT2D eigenvalue weighted by molar-refractivity contribution is 9.11. The van der Waals surface area contributed by atoms with Gasteiger partial charge < -0.3 is 10.2 Å². The Bertz CT molecular complexity index is 888. The molecule has 0 fully saturated rings. The van der Waals surface area contributed by atoms with Crippen LogP contribution in [-0.2, 0) is 19.6 Å². The van der Waals surface area contributed by atoms with Crippen LogP contribution in [0.4, 0.5) is 0 Å². The highest BCUT2D eigenvalue weighted by Crippen LogP contribution is 2.33. The maximum atomic E-state index is 10.4. The van der Waals surface area contributed by atoms with Crippen LogP contribution < -0.4 is 0 Å². The first-order valence-electron chi connectivity index (χ1n) is 8.09. The molecule has 4 nitrogen and oxygen atoms in total. The molecule has 0 saturated carbocycles. The fraction of sp³-hybridized carbons (Fsp3) is 0.150. The number of phenols is 2. The van der Waals surface area contributed by atoms with Gasteiger partial charge in [-0.3, -0.25) is 9.88 Å². The van der Waals surface area contributed by atoms with E-state index in [1.807, 2.05) is 42.5 Å². The zero-order valence-corrected chi connectivity index (χ0v) is 17.1. The van der Waals surface area contributed by atoms with Crippen LogP contribution in [0.1, 0.15) is 16.8 Å². The molecule has 0 radical (unpaired) electrons. The summed E-state index contributed by atoms with van der Waals surface area (Å²) in [6, 6.07) is 16.8. The summed E-state index contributed by atoms with van der Waals surface area (Å²) in [5.41, 5.74) is 2.55. The molecule has 0 bridgehead atoms. The van der Waals surface area contributed by atoms with E-state index in [0.29, 0.717) is 24.1 Å². The van der Waals surface area contributed by atoms with E-state index in [2.05, 4.69) is 41.7 Å². The van der Waals surface area contributed by atoms with Crippen molar-refractivity contribution in [2.45, 2.75) is 19.6 Å². The van der Waals surface area contributed by atoms with Gasteiger partial charge in [-0.05, 0) is 46.3 Å². The second-order valence-electron chi connectivity index (χ2n) is 5.99. The van der Waals surface area contributed by atoms with E-state index in [4.69, 9.17) is 0 Å². The average Bonchev–Trinajstić information content (AvgIpc) is 2.62. The maximum absolute atomic E-state index is 10.4. The monoisotopic (exact) mass is 476 g/mol. The largest absolute Gasteiger partial charge is 0.508 e. The second kappa shape index (κ2) is 8.66. The molecular weight excluding hydrogens is 460 g/mol. The van der Waals surface area contributed by atoms with Crippen molar-refractivity contribution in [2.24, 2.45) is 0 Å². The van der Waals surface area contributed by atoms with Crippen LogP contribution >= 0.6 is 31.9 Å². The molecule has 3 aromatic rings. The molecule has 0 aliphatic carbocycles. The number of halogens is 2. The lowest BCUT2D eigenvalue weighted by atomic mass is 10.1. The summed E-state index contributed by atoms with van der Waals surface area (Å²) >= 11 is 6.85. The van der Waals surface area contributed by atoms with E-state index in [1.54, 1.807) is 18.3 Å². The molecule has 0 aliphatic rings. The van der Waals surface area contributed by atoms with Gasteiger partial charge in [-0.1, -0.05) is 40.2 Å². The number of aromatic hydroxyl groups is 2. The molecule has 0 aliphatic heterocycles. The number of hydrogen-bond donors (Lipinski definition) is 2. The summed E-state index contributed by atoms with van der Waals surface area (Å²) in [4.78, 5) is 6.53. The number of nitrogens with zero attached hydrogens (tertiary/aromatic N) is 2. The molecule has 134 valence electrons. The van der Waals surface area contributed by atoms with Crippen LogP contribution in [0, 0.1) is 0 Å². The van der Waals surface area contributed by atoms with Gasteiger partial charge in [0.2, 0.25) is 0 Å². The number of hydrogen-bond acceptors (Lipinski definition) is 4. The molecule has 0 amide bonds. The molecule has 1 heterocycles. The van der Waals surface area contributed by atoms with Gasteiger partial charge in [-0.15, -0.1) is 0 Å². The molecular formula is C20H18Br2N2O2. The number of para-hydroxylation sites is 1. The van der Waals surface area contributed by atoms with Crippen molar-refractivity contribution in [1.29, 1.82) is 0 Å². The van der Waals surface area contributed by atoms with Crippen LogP contribution in [0.5, 0.6) is 11.5 Å².